The van der Waals surface area contributed by atoms with Crippen LogP contribution in [0.15, 0.2) is 23.2 Å². The zero-order chi connectivity index (χ0) is 17.5. The van der Waals surface area contributed by atoms with Gasteiger partial charge in [0, 0.05) is 6.21 Å². The summed E-state index contributed by atoms with van der Waals surface area (Å²) < 4.78 is 47.1. The molecule has 0 saturated carbocycles. The van der Waals surface area contributed by atoms with Gasteiger partial charge >= 0.3 is 18.1 Å². The summed E-state index contributed by atoms with van der Waals surface area (Å²) in [5, 5.41) is 0. The molecule has 0 aliphatic heterocycles. The predicted octanol–water partition coefficient (Wildman–Crippen LogP) is 2.55. The summed E-state index contributed by atoms with van der Waals surface area (Å²) in [5.41, 5.74) is -1.13. The summed E-state index contributed by atoms with van der Waals surface area (Å²) in [6, 6.07) is 3.11. The van der Waals surface area contributed by atoms with Crippen molar-refractivity contribution in [3.05, 3.63) is 23.9 Å². The molecule has 1 aromatic rings. The van der Waals surface area contributed by atoms with Crippen LogP contribution in [0, 0.1) is 5.92 Å². The fourth-order valence-corrected chi connectivity index (χ4v) is 1.49. The molecule has 0 bridgehead atoms. The first-order valence-corrected chi connectivity index (χ1v) is 6.71. The van der Waals surface area contributed by atoms with Gasteiger partial charge in [-0.05, 0) is 26.0 Å². The number of ether oxygens (including phenoxy) is 2. The summed E-state index contributed by atoms with van der Waals surface area (Å²) in [7, 11) is 0. The van der Waals surface area contributed by atoms with Crippen LogP contribution in [0.1, 0.15) is 19.5 Å². The van der Waals surface area contributed by atoms with Crippen molar-refractivity contribution < 1.29 is 32.2 Å². The van der Waals surface area contributed by atoms with Gasteiger partial charge in [0.1, 0.15) is 5.69 Å². The largest absolute Gasteiger partial charge is 0.465 e. The van der Waals surface area contributed by atoms with Crippen LogP contribution in [-0.2, 0) is 25.2 Å². The minimum Gasteiger partial charge on any atom is -0.465 e. The summed E-state index contributed by atoms with van der Waals surface area (Å²) in [5.74, 6) is -3.56. The third kappa shape index (κ3) is 5.68. The molecule has 23 heavy (non-hydrogen) atoms. The molecule has 0 N–H and O–H groups in total. The lowest BCUT2D eigenvalue weighted by Crippen LogP contribution is -2.29. The number of rotatable bonds is 6. The molecule has 0 saturated heterocycles. The van der Waals surface area contributed by atoms with E-state index in [1.54, 1.807) is 13.8 Å². The fourth-order valence-electron chi connectivity index (χ4n) is 1.49. The Balaban J connectivity index is 3.00. The van der Waals surface area contributed by atoms with Crippen molar-refractivity contribution in [2.45, 2.75) is 20.0 Å². The van der Waals surface area contributed by atoms with Gasteiger partial charge in [0.2, 0.25) is 0 Å². The number of aromatic nitrogens is 1. The van der Waals surface area contributed by atoms with Gasteiger partial charge in [-0.15, -0.1) is 0 Å². The third-order valence-corrected chi connectivity index (χ3v) is 2.46. The molecule has 9 heteroatoms. The number of hydrogen-bond donors (Lipinski definition) is 0. The number of carbonyl (C=O) groups excluding carboxylic acids is 2. The predicted molar refractivity (Wildman–Crippen MR) is 74.1 cm³/mol. The lowest BCUT2D eigenvalue weighted by Gasteiger charge is -2.10. The van der Waals surface area contributed by atoms with Gasteiger partial charge in [-0.25, -0.2) is 9.98 Å². The second kappa shape index (κ2) is 8.25. The molecule has 0 aliphatic rings. The SMILES string of the molecule is CCOC(=O)C(C=Nc1cccc(C(F)(F)F)n1)C(=O)OCC. The van der Waals surface area contributed by atoms with E-state index in [1.165, 1.54) is 6.07 Å². The molecule has 1 aromatic heterocycles. The number of halogens is 3. The Kier molecular flexibility index (Phi) is 6.67. The maximum Gasteiger partial charge on any atom is 0.433 e. The molecule has 0 fully saturated rings. The Morgan fingerprint density at radius 3 is 2.26 bits per heavy atom. The van der Waals surface area contributed by atoms with E-state index in [-0.39, 0.29) is 19.0 Å². The van der Waals surface area contributed by atoms with Gasteiger partial charge in [-0.3, -0.25) is 9.59 Å². The average molecular weight is 332 g/mol. The van der Waals surface area contributed by atoms with E-state index in [4.69, 9.17) is 9.47 Å². The smallest absolute Gasteiger partial charge is 0.433 e. The van der Waals surface area contributed by atoms with Crippen LogP contribution in [0.2, 0.25) is 0 Å². The number of alkyl halides is 3. The molecule has 6 nitrogen and oxygen atoms in total. The number of pyridine rings is 1. The molecule has 1 rings (SSSR count). The summed E-state index contributed by atoms with van der Waals surface area (Å²) in [6.45, 7) is 3.16. The van der Waals surface area contributed by atoms with Crippen molar-refractivity contribution in [1.82, 2.24) is 4.98 Å². The standard InChI is InChI=1S/C14H15F3N2O4/c1-3-22-12(20)9(13(21)23-4-2)8-18-11-7-5-6-10(19-11)14(15,16)17/h5-9H,3-4H2,1-2H3. The summed E-state index contributed by atoms with van der Waals surface area (Å²) in [4.78, 5) is 30.3. The minimum atomic E-state index is -4.62. The van der Waals surface area contributed by atoms with Gasteiger partial charge < -0.3 is 9.47 Å². The van der Waals surface area contributed by atoms with Crippen LogP contribution in [0.5, 0.6) is 0 Å². The van der Waals surface area contributed by atoms with Crippen molar-refractivity contribution in [3.8, 4) is 0 Å². The van der Waals surface area contributed by atoms with Gasteiger partial charge in [-0.2, -0.15) is 13.2 Å². The molecular formula is C14H15F3N2O4. The van der Waals surface area contributed by atoms with Crippen LogP contribution >= 0.6 is 0 Å². The Labute approximate surface area is 130 Å². The second-order valence-electron chi connectivity index (χ2n) is 4.14. The lowest BCUT2D eigenvalue weighted by atomic mass is 10.2. The van der Waals surface area contributed by atoms with E-state index < -0.39 is 29.7 Å². The number of esters is 2. The molecule has 0 spiro atoms. The van der Waals surface area contributed by atoms with E-state index >= 15 is 0 Å². The summed E-state index contributed by atoms with van der Waals surface area (Å²) in [6.07, 6.45) is -3.76. The Morgan fingerprint density at radius 1 is 1.22 bits per heavy atom. The quantitative estimate of drug-likeness (QED) is 0.454. The molecule has 0 atom stereocenters. The van der Waals surface area contributed by atoms with Crippen molar-refractivity contribution in [1.29, 1.82) is 0 Å². The molecule has 1 heterocycles. The maximum absolute atomic E-state index is 12.6. The van der Waals surface area contributed by atoms with Crippen molar-refractivity contribution >= 4 is 24.0 Å². The highest BCUT2D eigenvalue weighted by Gasteiger charge is 2.32. The van der Waals surface area contributed by atoms with Crippen molar-refractivity contribution in [2.75, 3.05) is 13.2 Å². The highest BCUT2D eigenvalue weighted by atomic mass is 19.4. The average Bonchev–Trinajstić information content (AvgIpc) is 2.47. The molecule has 0 aliphatic carbocycles. The van der Waals surface area contributed by atoms with Crippen LogP contribution in [-0.4, -0.2) is 36.4 Å². The molecule has 126 valence electrons. The monoisotopic (exact) mass is 332 g/mol. The van der Waals surface area contributed by atoms with Gasteiger partial charge in [0.25, 0.3) is 0 Å². The molecular weight excluding hydrogens is 317 g/mol. The zero-order valence-corrected chi connectivity index (χ0v) is 12.5. The van der Waals surface area contributed by atoms with E-state index in [1.807, 2.05) is 0 Å². The van der Waals surface area contributed by atoms with E-state index in [0.717, 1.165) is 18.3 Å². The number of nitrogens with zero attached hydrogens (tertiary/aromatic N) is 2. The van der Waals surface area contributed by atoms with Crippen molar-refractivity contribution in [3.63, 3.8) is 0 Å². The molecule has 0 amide bonds. The first kappa shape index (κ1) is 18.6. The Bertz CT molecular complexity index is 570. The summed E-state index contributed by atoms with van der Waals surface area (Å²) >= 11 is 0. The number of hydrogen-bond acceptors (Lipinski definition) is 6. The van der Waals surface area contributed by atoms with E-state index in [9.17, 15) is 22.8 Å². The Hall–Kier alpha value is -2.45. The lowest BCUT2D eigenvalue weighted by molar-refractivity contribution is -0.157. The number of carbonyl (C=O) groups is 2. The molecule has 0 aromatic carbocycles. The van der Waals surface area contributed by atoms with Crippen LogP contribution in [0.25, 0.3) is 0 Å². The van der Waals surface area contributed by atoms with Gasteiger partial charge in [0.15, 0.2) is 11.7 Å². The minimum absolute atomic E-state index is 0.0321. The highest BCUT2D eigenvalue weighted by Crippen LogP contribution is 2.28. The van der Waals surface area contributed by atoms with E-state index in [0.29, 0.717) is 0 Å². The van der Waals surface area contributed by atoms with Gasteiger partial charge in [0.05, 0.1) is 13.2 Å². The first-order valence-electron chi connectivity index (χ1n) is 6.71. The number of aliphatic imine (C=N–C) groups is 1. The first-order chi connectivity index (χ1) is 10.8. The normalized spacial score (nSPS) is 11.7. The van der Waals surface area contributed by atoms with Crippen molar-refractivity contribution in [2.24, 2.45) is 10.9 Å². The zero-order valence-electron chi connectivity index (χ0n) is 12.5. The maximum atomic E-state index is 12.6. The van der Waals surface area contributed by atoms with Crippen LogP contribution in [0.3, 0.4) is 0 Å². The second-order valence-corrected chi connectivity index (χ2v) is 4.14. The van der Waals surface area contributed by atoms with E-state index in [2.05, 4.69) is 9.98 Å². The van der Waals surface area contributed by atoms with Crippen LogP contribution < -0.4 is 0 Å². The fraction of sp³-hybridized carbons (Fsp3) is 0.429. The third-order valence-electron chi connectivity index (χ3n) is 2.46. The topological polar surface area (TPSA) is 77.9 Å². The molecule has 0 radical (unpaired) electrons. The van der Waals surface area contributed by atoms with Crippen LogP contribution in [0.4, 0.5) is 19.0 Å². The highest BCUT2D eigenvalue weighted by molar-refractivity contribution is 6.09. The Morgan fingerprint density at radius 2 is 1.78 bits per heavy atom. The van der Waals surface area contributed by atoms with Gasteiger partial charge in [-0.1, -0.05) is 6.07 Å². The molecule has 0 unspecified atom stereocenters.